The van der Waals surface area contributed by atoms with Crippen LogP contribution < -0.4 is 4.90 Å². The fourth-order valence-electron chi connectivity index (χ4n) is 1.84. The molecule has 2 heterocycles. The first-order valence-electron chi connectivity index (χ1n) is 6.04. The molecule has 2 rings (SSSR count). The van der Waals surface area contributed by atoms with Gasteiger partial charge in [-0.05, 0) is 12.5 Å². The van der Waals surface area contributed by atoms with Gasteiger partial charge in [0.25, 0.3) is 0 Å². The Morgan fingerprint density at radius 1 is 1.52 bits per heavy atom. The van der Waals surface area contributed by atoms with Crippen LogP contribution in [0.1, 0.15) is 12.0 Å². The lowest BCUT2D eigenvalue weighted by atomic mass is 10.1. The molecule has 0 fully saturated rings. The normalized spacial score (nSPS) is 13.8. The first kappa shape index (κ1) is 15.0. The molecule has 1 N–H and O–H groups in total. The molecule has 0 aliphatic carbocycles. The molecule has 8 heteroatoms. The maximum Gasteiger partial charge on any atom is 0.415 e. The van der Waals surface area contributed by atoms with Gasteiger partial charge in [-0.3, -0.25) is 4.90 Å². The summed E-state index contributed by atoms with van der Waals surface area (Å²) in [6.07, 6.45) is 3.51. The van der Waals surface area contributed by atoms with Gasteiger partial charge < -0.3 is 9.84 Å². The minimum absolute atomic E-state index is 0.0443. The van der Waals surface area contributed by atoms with Crippen LogP contribution in [0.15, 0.2) is 24.6 Å². The first-order valence-corrected chi connectivity index (χ1v) is 6.42. The molecule has 1 aromatic heterocycles. The molecule has 0 saturated heterocycles. The van der Waals surface area contributed by atoms with Crippen LogP contribution >= 0.6 is 11.6 Å². The number of amides is 1. The number of nitrogens with zero attached hydrogens (tertiary/aromatic N) is 3. The predicted octanol–water partition coefficient (Wildman–Crippen LogP) is 2.13. The number of anilines is 1. The largest absolute Gasteiger partial charge is 0.478 e. The van der Waals surface area contributed by atoms with Crippen LogP contribution in [0.2, 0.25) is 5.15 Å². The van der Waals surface area contributed by atoms with E-state index in [1.165, 1.54) is 23.4 Å². The van der Waals surface area contributed by atoms with E-state index in [9.17, 15) is 9.59 Å². The van der Waals surface area contributed by atoms with Gasteiger partial charge in [-0.1, -0.05) is 24.3 Å². The Balaban J connectivity index is 2.43. The molecule has 0 saturated carbocycles. The molecule has 1 aliphatic heterocycles. The zero-order valence-corrected chi connectivity index (χ0v) is 11.7. The van der Waals surface area contributed by atoms with E-state index in [0.717, 1.165) is 0 Å². The lowest BCUT2D eigenvalue weighted by Gasteiger charge is -2.20. The molecule has 110 valence electrons. The lowest BCUT2D eigenvalue weighted by molar-refractivity contribution is -0.132. The van der Waals surface area contributed by atoms with E-state index >= 15 is 0 Å². The number of hydrogen-bond acceptors (Lipinski definition) is 5. The first-order chi connectivity index (χ1) is 10.0. The third kappa shape index (κ3) is 3.19. The van der Waals surface area contributed by atoms with Gasteiger partial charge in [-0.2, -0.15) is 0 Å². The summed E-state index contributed by atoms with van der Waals surface area (Å²) in [7, 11) is 0. The Kier molecular flexibility index (Phi) is 4.54. The minimum atomic E-state index is -1.08. The highest BCUT2D eigenvalue weighted by atomic mass is 35.5. The van der Waals surface area contributed by atoms with Gasteiger partial charge in [0.05, 0.1) is 5.56 Å². The zero-order valence-electron chi connectivity index (χ0n) is 11.0. The number of fused-ring (bicyclic) bond motifs is 1. The second-order valence-corrected chi connectivity index (χ2v) is 4.50. The number of halogens is 1. The van der Waals surface area contributed by atoms with E-state index in [1.54, 1.807) is 0 Å². The number of aliphatic carboxylic acids is 1. The van der Waals surface area contributed by atoms with E-state index in [4.69, 9.17) is 21.4 Å². The van der Waals surface area contributed by atoms with Crippen molar-refractivity contribution in [3.63, 3.8) is 0 Å². The van der Waals surface area contributed by atoms with Crippen LogP contribution in [0.5, 0.6) is 0 Å². The van der Waals surface area contributed by atoms with Gasteiger partial charge in [-0.25, -0.2) is 19.6 Å². The smallest absolute Gasteiger partial charge is 0.415 e. The molecule has 0 radical (unpaired) electrons. The maximum absolute atomic E-state index is 12.0. The van der Waals surface area contributed by atoms with Crippen molar-refractivity contribution < 1.29 is 19.4 Å². The molecular formula is C13H12ClN3O4. The number of rotatable bonds is 3. The summed E-state index contributed by atoms with van der Waals surface area (Å²) in [5.41, 5.74) is 0.400. The molecule has 0 bridgehead atoms. The Morgan fingerprint density at radius 3 is 2.95 bits per heavy atom. The van der Waals surface area contributed by atoms with Gasteiger partial charge in [0.2, 0.25) is 0 Å². The summed E-state index contributed by atoms with van der Waals surface area (Å²) in [4.78, 5) is 32.3. The van der Waals surface area contributed by atoms with E-state index < -0.39 is 12.1 Å². The number of carboxylic acids is 1. The molecule has 1 aliphatic rings. The summed E-state index contributed by atoms with van der Waals surface area (Å²) in [5.74, 6) is -0.859. The lowest BCUT2D eigenvalue weighted by Crippen LogP contribution is -2.33. The number of aromatic nitrogens is 2. The van der Waals surface area contributed by atoms with Crippen LogP contribution in [0.4, 0.5) is 10.6 Å². The molecule has 0 aromatic carbocycles. The van der Waals surface area contributed by atoms with E-state index in [-0.39, 0.29) is 41.7 Å². The number of ether oxygens (including phenoxy) is 1. The number of carbonyl (C=O) groups excluding carboxylic acids is 1. The fraction of sp³-hybridized carbons (Fsp3) is 0.231. The van der Waals surface area contributed by atoms with Crippen molar-refractivity contribution in [2.45, 2.75) is 6.42 Å². The Labute approximate surface area is 125 Å². The number of carboxylic acid groups (broad SMARTS) is 1. The van der Waals surface area contributed by atoms with Crippen molar-refractivity contribution in [1.29, 1.82) is 0 Å². The second-order valence-electron chi connectivity index (χ2n) is 4.14. The summed E-state index contributed by atoms with van der Waals surface area (Å²) < 4.78 is 4.97. The summed E-state index contributed by atoms with van der Waals surface area (Å²) in [6, 6.07) is 0. The highest BCUT2D eigenvalue weighted by molar-refractivity contribution is 6.31. The van der Waals surface area contributed by atoms with Crippen molar-refractivity contribution in [3.05, 3.63) is 35.3 Å². The van der Waals surface area contributed by atoms with Gasteiger partial charge in [-0.15, -0.1) is 0 Å². The van der Waals surface area contributed by atoms with Gasteiger partial charge in [0.15, 0.2) is 0 Å². The number of carbonyl (C=O) groups is 2. The molecule has 7 nitrogen and oxygen atoms in total. The third-order valence-electron chi connectivity index (χ3n) is 2.81. The zero-order chi connectivity index (χ0) is 15.4. The maximum atomic E-state index is 12.0. The summed E-state index contributed by atoms with van der Waals surface area (Å²) in [6.45, 7) is 3.62. The highest BCUT2D eigenvalue weighted by Gasteiger charge is 2.27. The van der Waals surface area contributed by atoms with Crippen LogP contribution in [0.3, 0.4) is 0 Å². The summed E-state index contributed by atoms with van der Waals surface area (Å²) in [5, 5.41) is 9.22. The summed E-state index contributed by atoms with van der Waals surface area (Å²) >= 11 is 5.98. The van der Waals surface area contributed by atoms with Gasteiger partial charge in [0, 0.05) is 12.1 Å². The number of hydrogen-bond donors (Lipinski definition) is 1. The topological polar surface area (TPSA) is 92.6 Å². The average molecular weight is 310 g/mol. The fourth-order valence-corrected chi connectivity index (χ4v) is 2.03. The van der Waals surface area contributed by atoms with Crippen molar-refractivity contribution >= 4 is 35.6 Å². The molecule has 0 unspecified atom stereocenters. The SMILES string of the molecule is C=CCOC(=O)N1CCC(C(=O)O)=Cc2c(Cl)ncnc21. The second kappa shape index (κ2) is 6.36. The Hall–Kier alpha value is -2.41. The molecule has 0 atom stereocenters. The van der Waals surface area contributed by atoms with E-state index in [2.05, 4.69) is 16.5 Å². The molecular weight excluding hydrogens is 298 g/mol. The predicted molar refractivity (Wildman–Crippen MR) is 76.2 cm³/mol. The quantitative estimate of drug-likeness (QED) is 0.679. The highest BCUT2D eigenvalue weighted by Crippen LogP contribution is 2.30. The molecule has 1 amide bonds. The van der Waals surface area contributed by atoms with E-state index in [0.29, 0.717) is 0 Å². The van der Waals surface area contributed by atoms with Crippen molar-refractivity contribution in [1.82, 2.24) is 9.97 Å². The molecule has 1 aromatic rings. The standard InChI is InChI=1S/C13H12ClN3O4/c1-2-5-21-13(20)17-4-3-8(12(18)19)6-9-10(14)15-7-16-11(9)17/h2,6-7H,1,3-5H2,(H,18,19). The Bertz CT molecular complexity index is 630. The van der Waals surface area contributed by atoms with Crippen LogP contribution in [0, 0.1) is 0 Å². The van der Waals surface area contributed by atoms with Crippen LogP contribution in [-0.4, -0.2) is 40.3 Å². The van der Waals surface area contributed by atoms with Gasteiger partial charge in [0.1, 0.15) is 23.9 Å². The minimum Gasteiger partial charge on any atom is -0.478 e. The Morgan fingerprint density at radius 2 is 2.29 bits per heavy atom. The average Bonchev–Trinajstić information content (AvgIpc) is 2.65. The van der Waals surface area contributed by atoms with Crippen LogP contribution in [-0.2, 0) is 9.53 Å². The monoisotopic (exact) mass is 309 g/mol. The third-order valence-corrected chi connectivity index (χ3v) is 3.11. The van der Waals surface area contributed by atoms with E-state index in [1.807, 2.05) is 0 Å². The van der Waals surface area contributed by atoms with Gasteiger partial charge >= 0.3 is 12.1 Å². The molecule has 21 heavy (non-hydrogen) atoms. The van der Waals surface area contributed by atoms with Crippen molar-refractivity contribution in [3.8, 4) is 0 Å². The van der Waals surface area contributed by atoms with Crippen molar-refractivity contribution in [2.24, 2.45) is 0 Å². The van der Waals surface area contributed by atoms with Crippen molar-refractivity contribution in [2.75, 3.05) is 18.1 Å². The van der Waals surface area contributed by atoms with Crippen LogP contribution in [0.25, 0.3) is 6.08 Å². The molecule has 0 spiro atoms.